The molecular formula is C22H20BrClN4O. The molecule has 7 heteroatoms. The Hall–Kier alpha value is -2.44. The van der Waals surface area contributed by atoms with Crippen LogP contribution in [-0.2, 0) is 0 Å². The summed E-state index contributed by atoms with van der Waals surface area (Å²) in [6, 6.07) is 17.4. The third-order valence-corrected chi connectivity index (χ3v) is 5.73. The topological polar surface area (TPSA) is 49.3 Å². The van der Waals surface area contributed by atoms with Gasteiger partial charge in [0, 0.05) is 36.2 Å². The molecule has 1 saturated heterocycles. The van der Waals surface area contributed by atoms with E-state index in [-0.39, 0.29) is 5.91 Å². The summed E-state index contributed by atoms with van der Waals surface area (Å²) in [5.74, 6) is 0.871. The third-order valence-electron chi connectivity index (χ3n) is 5.03. The molecule has 2 aromatic heterocycles. The fourth-order valence-corrected chi connectivity index (χ4v) is 4.04. The minimum atomic E-state index is 0.0227. The summed E-state index contributed by atoms with van der Waals surface area (Å²) >= 11 is 9.48. The molecule has 0 saturated carbocycles. The Balaban J connectivity index is 1.46. The predicted octanol–water partition coefficient (Wildman–Crippen LogP) is 4.83. The highest BCUT2D eigenvalue weighted by molar-refractivity contribution is 9.10. The number of amides is 1. The second-order valence-electron chi connectivity index (χ2n) is 6.94. The molecule has 0 atom stereocenters. The van der Waals surface area contributed by atoms with Crippen LogP contribution in [0.25, 0.3) is 11.3 Å². The summed E-state index contributed by atoms with van der Waals surface area (Å²) in [5, 5.41) is 0.480. The molecule has 0 unspecified atom stereocenters. The van der Waals surface area contributed by atoms with Gasteiger partial charge >= 0.3 is 0 Å². The lowest BCUT2D eigenvalue weighted by Crippen LogP contribution is -2.49. The number of piperazine rings is 1. The molecule has 0 spiro atoms. The molecule has 5 nitrogen and oxygen atoms in total. The molecule has 0 N–H and O–H groups in total. The number of carbonyl (C=O) groups excluding carboxylic acids is 1. The Kier molecular flexibility index (Phi) is 5.83. The summed E-state index contributed by atoms with van der Waals surface area (Å²) in [5.41, 5.74) is 3.27. The average molecular weight is 472 g/mol. The molecule has 1 aliphatic rings. The number of aryl methyl sites for hydroxylation is 1. The van der Waals surface area contributed by atoms with Crippen molar-refractivity contribution >= 4 is 39.3 Å². The lowest BCUT2D eigenvalue weighted by molar-refractivity contribution is 0.0745. The number of benzene rings is 1. The Labute approximate surface area is 183 Å². The zero-order valence-electron chi connectivity index (χ0n) is 16.0. The third kappa shape index (κ3) is 4.43. The monoisotopic (exact) mass is 470 g/mol. The molecule has 148 valence electrons. The zero-order chi connectivity index (χ0) is 20.4. The Morgan fingerprint density at radius 2 is 1.76 bits per heavy atom. The van der Waals surface area contributed by atoms with Crippen LogP contribution in [0.1, 0.15) is 16.1 Å². The fraction of sp³-hybridized carbons (Fsp3) is 0.227. The van der Waals surface area contributed by atoms with E-state index in [1.807, 2.05) is 60.4 Å². The number of nitrogens with zero attached hydrogens (tertiary/aromatic N) is 4. The van der Waals surface area contributed by atoms with Crippen LogP contribution in [0.5, 0.6) is 0 Å². The molecule has 1 fully saturated rings. The SMILES string of the molecule is Cc1nc(-c2cccc(Br)c2)ccc1C(=O)N1CCN(c2cccc(Cl)n2)CC1. The van der Waals surface area contributed by atoms with Gasteiger partial charge in [-0.2, -0.15) is 0 Å². The maximum atomic E-state index is 13.0. The van der Waals surface area contributed by atoms with Crippen molar-refractivity contribution in [3.8, 4) is 11.3 Å². The summed E-state index contributed by atoms with van der Waals surface area (Å²) in [6.07, 6.45) is 0. The Morgan fingerprint density at radius 3 is 2.45 bits per heavy atom. The molecule has 3 heterocycles. The minimum absolute atomic E-state index is 0.0227. The van der Waals surface area contributed by atoms with E-state index in [1.54, 1.807) is 6.07 Å². The summed E-state index contributed by atoms with van der Waals surface area (Å²) < 4.78 is 1.00. The molecule has 1 aliphatic heterocycles. The van der Waals surface area contributed by atoms with Gasteiger partial charge in [-0.1, -0.05) is 45.7 Å². The lowest BCUT2D eigenvalue weighted by atomic mass is 10.1. The molecular weight excluding hydrogens is 452 g/mol. The van der Waals surface area contributed by atoms with Crippen LogP contribution in [0.15, 0.2) is 59.1 Å². The van der Waals surface area contributed by atoms with Crippen molar-refractivity contribution in [3.63, 3.8) is 0 Å². The second kappa shape index (κ2) is 8.51. The van der Waals surface area contributed by atoms with Crippen molar-refractivity contribution in [1.29, 1.82) is 0 Å². The van der Waals surface area contributed by atoms with Crippen molar-refractivity contribution in [2.75, 3.05) is 31.1 Å². The van der Waals surface area contributed by atoms with Crippen molar-refractivity contribution in [3.05, 3.63) is 75.5 Å². The van der Waals surface area contributed by atoms with Crippen molar-refractivity contribution in [2.24, 2.45) is 0 Å². The fourth-order valence-electron chi connectivity index (χ4n) is 3.48. The first kappa shape index (κ1) is 19.9. The number of aromatic nitrogens is 2. The molecule has 0 bridgehead atoms. The highest BCUT2D eigenvalue weighted by atomic mass is 79.9. The van der Waals surface area contributed by atoms with Gasteiger partial charge in [-0.3, -0.25) is 9.78 Å². The molecule has 1 aromatic carbocycles. The van der Waals surface area contributed by atoms with Crippen LogP contribution in [-0.4, -0.2) is 47.0 Å². The van der Waals surface area contributed by atoms with Crippen molar-refractivity contribution in [2.45, 2.75) is 6.92 Å². The molecule has 1 amide bonds. The molecule has 29 heavy (non-hydrogen) atoms. The first-order valence-electron chi connectivity index (χ1n) is 9.41. The van der Waals surface area contributed by atoms with Gasteiger partial charge in [-0.25, -0.2) is 4.98 Å². The maximum absolute atomic E-state index is 13.0. The number of hydrogen-bond acceptors (Lipinski definition) is 4. The largest absolute Gasteiger partial charge is 0.353 e. The summed E-state index contributed by atoms with van der Waals surface area (Å²) in [6.45, 7) is 4.62. The van der Waals surface area contributed by atoms with Gasteiger partial charge in [0.05, 0.1) is 17.0 Å². The van der Waals surface area contributed by atoms with Crippen LogP contribution in [0.4, 0.5) is 5.82 Å². The van der Waals surface area contributed by atoms with Gasteiger partial charge in [0.15, 0.2) is 0 Å². The van der Waals surface area contributed by atoms with E-state index in [0.717, 1.165) is 40.3 Å². The van der Waals surface area contributed by atoms with Crippen molar-refractivity contribution < 1.29 is 4.79 Å². The predicted molar refractivity (Wildman–Crippen MR) is 119 cm³/mol. The number of halogens is 2. The first-order valence-corrected chi connectivity index (χ1v) is 10.6. The van der Waals surface area contributed by atoms with Gasteiger partial charge in [-0.15, -0.1) is 0 Å². The Morgan fingerprint density at radius 1 is 1.00 bits per heavy atom. The van der Waals surface area contributed by atoms with E-state index in [9.17, 15) is 4.79 Å². The van der Waals surface area contributed by atoms with E-state index >= 15 is 0 Å². The van der Waals surface area contributed by atoms with Gasteiger partial charge < -0.3 is 9.80 Å². The standard InChI is InChI=1S/C22H20BrClN4O/c1-15-18(8-9-19(25-15)16-4-2-5-17(23)14-16)22(29)28-12-10-27(11-13-28)21-7-3-6-20(24)26-21/h2-9,14H,10-13H2,1H3. The van der Waals surface area contributed by atoms with Crippen LogP contribution >= 0.6 is 27.5 Å². The minimum Gasteiger partial charge on any atom is -0.353 e. The molecule has 4 rings (SSSR count). The molecule has 0 radical (unpaired) electrons. The smallest absolute Gasteiger partial charge is 0.255 e. The van der Waals surface area contributed by atoms with E-state index < -0.39 is 0 Å². The van der Waals surface area contributed by atoms with Gasteiger partial charge in [-0.05, 0) is 43.3 Å². The number of anilines is 1. The Bertz CT molecular complexity index is 1050. The lowest BCUT2D eigenvalue weighted by Gasteiger charge is -2.35. The second-order valence-corrected chi connectivity index (χ2v) is 8.24. The number of rotatable bonds is 3. The van der Waals surface area contributed by atoms with Gasteiger partial charge in [0.2, 0.25) is 0 Å². The normalized spacial score (nSPS) is 14.2. The van der Waals surface area contributed by atoms with E-state index in [0.29, 0.717) is 23.8 Å². The van der Waals surface area contributed by atoms with Crippen LogP contribution < -0.4 is 4.90 Å². The van der Waals surface area contributed by atoms with E-state index in [2.05, 4.69) is 30.8 Å². The quantitative estimate of drug-likeness (QED) is 0.513. The van der Waals surface area contributed by atoms with Gasteiger partial charge in [0.25, 0.3) is 5.91 Å². The summed E-state index contributed by atoms with van der Waals surface area (Å²) in [4.78, 5) is 26.1. The summed E-state index contributed by atoms with van der Waals surface area (Å²) in [7, 11) is 0. The maximum Gasteiger partial charge on any atom is 0.255 e. The van der Waals surface area contributed by atoms with Crippen LogP contribution in [0, 0.1) is 6.92 Å². The average Bonchev–Trinajstić information content (AvgIpc) is 2.73. The highest BCUT2D eigenvalue weighted by Crippen LogP contribution is 2.23. The number of pyridine rings is 2. The first-order chi connectivity index (χ1) is 14.0. The van der Waals surface area contributed by atoms with E-state index in [4.69, 9.17) is 11.6 Å². The molecule has 3 aromatic rings. The zero-order valence-corrected chi connectivity index (χ0v) is 18.3. The highest BCUT2D eigenvalue weighted by Gasteiger charge is 2.24. The van der Waals surface area contributed by atoms with Gasteiger partial charge in [0.1, 0.15) is 11.0 Å². The van der Waals surface area contributed by atoms with Crippen LogP contribution in [0.2, 0.25) is 5.15 Å². The van der Waals surface area contributed by atoms with Crippen LogP contribution in [0.3, 0.4) is 0 Å². The number of carbonyl (C=O) groups is 1. The number of hydrogen-bond donors (Lipinski definition) is 0. The van der Waals surface area contributed by atoms with E-state index in [1.165, 1.54) is 0 Å². The van der Waals surface area contributed by atoms with Crippen molar-refractivity contribution in [1.82, 2.24) is 14.9 Å². The molecule has 0 aliphatic carbocycles.